The second-order valence-electron chi connectivity index (χ2n) is 4.89. The third-order valence-corrected chi connectivity index (χ3v) is 4.65. The Morgan fingerprint density at radius 3 is 2.52 bits per heavy atom. The van der Waals surface area contributed by atoms with E-state index < -0.39 is 0 Å². The fourth-order valence-electron chi connectivity index (χ4n) is 2.07. The predicted molar refractivity (Wildman–Crippen MR) is 89.5 cm³/mol. The van der Waals surface area contributed by atoms with Crippen LogP contribution in [0, 0.1) is 5.82 Å². The van der Waals surface area contributed by atoms with Crippen LogP contribution in [-0.2, 0) is 5.75 Å². The lowest BCUT2D eigenvalue weighted by atomic mass is 10.1. The van der Waals surface area contributed by atoms with Crippen LogP contribution in [-0.4, -0.2) is 6.54 Å². The van der Waals surface area contributed by atoms with E-state index in [1.54, 1.807) is 23.9 Å². The summed E-state index contributed by atoms with van der Waals surface area (Å²) in [6.07, 6.45) is 0. The van der Waals surface area contributed by atoms with E-state index in [0.29, 0.717) is 6.04 Å². The molecule has 0 spiro atoms. The summed E-state index contributed by atoms with van der Waals surface area (Å²) in [4.78, 5) is 1.20. The fraction of sp³-hybridized carbons (Fsp3) is 0.294. The van der Waals surface area contributed by atoms with Gasteiger partial charge in [-0.15, -0.1) is 11.8 Å². The summed E-state index contributed by atoms with van der Waals surface area (Å²) in [5, 5.41) is 3.58. The highest BCUT2D eigenvalue weighted by atomic mass is 35.5. The molecule has 0 saturated carbocycles. The van der Waals surface area contributed by atoms with Crippen molar-refractivity contribution < 1.29 is 4.39 Å². The molecule has 2 aromatic carbocycles. The van der Waals surface area contributed by atoms with Gasteiger partial charge < -0.3 is 5.32 Å². The molecular formula is C17H19ClFNS. The molecule has 1 nitrogen and oxygen atoms in total. The molecule has 2 aromatic rings. The van der Waals surface area contributed by atoms with Crippen molar-refractivity contribution in [1.29, 1.82) is 0 Å². The van der Waals surface area contributed by atoms with Crippen molar-refractivity contribution in [2.45, 2.75) is 30.5 Å². The van der Waals surface area contributed by atoms with Gasteiger partial charge in [0.25, 0.3) is 0 Å². The minimum atomic E-state index is -0.368. The van der Waals surface area contributed by atoms with Crippen LogP contribution in [0.4, 0.5) is 4.39 Å². The third kappa shape index (κ3) is 4.73. The molecule has 0 fully saturated rings. The first kappa shape index (κ1) is 16.3. The molecule has 0 radical (unpaired) electrons. The van der Waals surface area contributed by atoms with Crippen LogP contribution in [0.1, 0.15) is 31.0 Å². The highest BCUT2D eigenvalue weighted by Crippen LogP contribution is 2.26. The van der Waals surface area contributed by atoms with Crippen molar-refractivity contribution in [1.82, 2.24) is 5.32 Å². The Hall–Kier alpha value is -1.03. The van der Waals surface area contributed by atoms with Gasteiger partial charge in [-0.1, -0.05) is 36.7 Å². The van der Waals surface area contributed by atoms with E-state index in [0.717, 1.165) is 17.9 Å². The molecule has 0 aliphatic heterocycles. The molecule has 2 rings (SSSR count). The van der Waals surface area contributed by atoms with Crippen molar-refractivity contribution >= 4 is 23.4 Å². The molecule has 0 aromatic heterocycles. The maximum atomic E-state index is 13.1. The number of hydrogen-bond acceptors (Lipinski definition) is 2. The Balaban J connectivity index is 1.95. The van der Waals surface area contributed by atoms with Crippen LogP contribution in [0.5, 0.6) is 0 Å². The van der Waals surface area contributed by atoms with Gasteiger partial charge in [-0.2, -0.15) is 0 Å². The van der Waals surface area contributed by atoms with Crippen molar-refractivity contribution in [2.24, 2.45) is 0 Å². The summed E-state index contributed by atoms with van der Waals surface area (Å²) in [7, 11) is 0. The number of benzene rings is 2. The summed E-state index contributed by atoms with van der Waals surface area (Å²) in [5.74, 6) is 0.412. The van der Waals surface area contributed by atoms with Crippen LogP contribution in [0.15, 0.2) is 47.4 Å². The van der Waals surface area contributed by atoms with Gasteiger partial charge in [-0.25, -0.2) is 4.39 Å². The maximum Gasteiger partial charge on any atom is 0.141 e. The average molecular weight is 324 g/mol. The van der Waals surface area contributed by atoms with Crippen LogP contribution in [0.3, 0.4) is 0 Å². The van der Waals surface area contributed by atoms with Crippen LogP contribution in [0.2, 0.25) is 5.02 Å². The summed E-state index contributed by atoms with van der Waals surface area (Å²) in [6, 6.07) is 13.8. The summed E-state index contributed by atoms with van der Waals surface area (Å²) in [6.45, 7) is 5.23. The van der Waals surface area contributed by atoms with Gasteiger partial charge >= 0.3 is 0 Å². The number of thioether (sulfide) groups is 1. The Labute approximate surface area is 134 Å². The Morgan fingerprint density at radius 1 is 1.19 bits per heavy atom. The molecule has 112 valence electrons. The van der Waals surface area contributed by atoms with Gasteiger partial charge in [0.1, 0.15) is 5.82 Å². The fourth-order valence-corrected chi connectivity index (χ4v) is 3.12. The highest BCUT2D eigenvalue weighted by molar-refractivity contribution is 7.98. The lowest BCUT2D eigenvalue weighted by Crippen LogP contribution is -2.17. The molecule has 0 aliphatic carbocycles. The summed E-state index contributed by atoms with van der Waals surface area (Å²) >= 11 is 7.51. The zero-order valence-electron chi connectivity index (χ0n) is 12.2. The molecule has 1 N–H and O–H groups in total. The average Bonchev–Trinajstić information content (AvgIpc) is 2.49. The molecule has 0 amide bonds. The quantitative estimate of drug-likeness (QED) is 0.710. The van der Waals surface area contributed by atoms with Crippen molar-refractivity contribution in [3.8, 4) is 0 Å². The molecule has 0 aliphatic rings. The molecule has 1 unspecified atom stereocenters. The van der Waals surface area contributed by atoms with E-state index in [1.165, 1.54) is 16.5 Å². The lowest BCUT2D eigenvalue weighted by Gasteiger charge is -2.13. The number of halogens is 2. The first-order valence-electron chi connectivity index (χ1n) is 7.00. The maximum absolute atomic E-state index is 13.1. The summed E-state index contributed by atoms with van der Waals surface area (Å²) < 4.78 is 13.1. The second kappa shape index (κ2) is 7.83. The van der Waals surface area contributed by atoms with E-state index in [4.69, 9.17) is 11.6 Å². The van der Waals surface area contributed by atoms with Crippen LogP contribution in [0.25, 0.3) is 0 Å². The summed E-state index contributed by atoms with van der Waals surface area (Å²) in [5.41, 5.74) is 2.31. The number of nitrogens with one attached hydrogen (secondary N) is 1. The third-order valence-electron chi connectivity index (χ3n) is 3.28. The van der Waals surface area contributed by atoms with Crippen molar-refractivity contribution in [3.05, 3.63) is 64.4 Å². The minimum Gasteiger partial charge on any atom is -0.310 e. The Kier molecular flexibility index (Phi) is 6.09. The molecule has 1 atom stereocenters. The minimum absolute atomic E-state index is 0.183. The zero-order chi connectivity index (χ0) is 15.2. The van der Waals surface area contributed by atoms with E-state index in [9.17, 15) is 4.39 Å². The molecule has 0 saturated heterocycles. The highest BCUT2D eigenvalue weighted by Gasteiger charge is 2.05. The van der Waals surface area contributed by atoms with Gasteiger partial charge in [0, 0.05) is 16.7 Å². The number of rotatable bonds is 6. The van der Waals surface area contributed by atoms with E-state index in [1.807, 2.05) is 0 Å². The first-order valence-corrected chi connectivity index (χ1v) is 8.36. The number of hydrogen-bond donors (Lipinski definition) is 1. The molecule has 0 bridgehead atoms. The van der Waals surface area contributed by atoms with Gasteiger partial charge in [-0.3, -0.25) is 0 Å². The molecular weight excluding hydrogens is 305 g/mol. The zero-order valence-corrected chi connectivity index (χ0v) is 13.8. The van der Waals surface area contributed by atoms with Crippen molar-refractivity contribution in [3.63, 3.8) is 0 Å². The van der Waals surface area contributed by atoms with Crippen LogP contribution < -0.4 is 5.32 Å². The smallest absolute Gasteiger partial charge is 0.141 e. The van der Waals surface area contributed by atoms with E-state index in [2.05, 4.69) is 43.4 Å². The standard InChI is InChI=1S/C17H19ClFNS/c1-3-20-12(2)14-5-7-15(8-6-14)21-11-13-4-9-17(19)16(18)10-13/h4-10,12,20H,3,11H2,1-2H3. The second-order valence-corrected chi connectivity index (χ2v) is 6.34. The lowest BCUT2D eigenvalue weighted by molar-refractivity contribution is 0.598. The Morgan fingerprint density at radius 2 is 1.90 bits per heavy atom. The molecule has 4 heteroatoms. The van der Waals surface area contributed by atoms with Gasteiger partial charge in [0.05, 0.1) is 5.02 Å². The Bertz CT molecular complexity index is 586. The SMILES string of the molecule is CCNC(C)c1ccc(SCc2ccc(F)c(Cl)c2)cc1. The normalized spacial score (nSPS) is 12.4. The van der Waals surface area contributed by atoms with Crippen molar-refractivity contribution in [2.75, 3.05) is 6.54 Å². The van der Waals surface area contributed by atoms with Gasteiger partial charge in [0.15, 0.2) is 0 Å². The molecule has 21 heavy (non-hydrogen) atoms. The first-order chi connectivity index (χ1) is 10.1. The van der Waals surface area contributed by atoms with E-state index >= 15 is 0 Å². The monoisotopic (exact) mass is 323 g/mol. The van der Waals surface area contributed by atoms with Gasteiger partial charge in [-0.05, 0) is 48.9 Å². The predicted octanol–water partition coefficient (Wildman–Crippen LogP) is 5.44. The van der Waals surface area contributed by atoms with Crippen LogP contribution >= 0.6 is 23.4 Å². The largest absolute Gasteiger partial charge is 0.310 e. The van der Waals surface area contributed by atoms with E-state index in [-0.39, 0.29) is 10.8 Å². The molecule has 0 heterocycles. The topological polar surface area (TPSA) is 12.0 Å². The van der Waals surface area contributed by atoms with Gasteiger partial charge in [0.2, 0.25) is 0 Å².